The Bertz CT molecular complexity index is 179. The summed E-state index contributed by atoms with van der Waals surface area (Å²) in [6.07, 6.45) is 3.13. The zero-order valence-electron chi connectivity index (χ0n) is 6.52. The van der Waals surface area contributed by atoms with Gasteiger partial charge in [-0.1, -0.05) is 0 Å². The van der Waals surface area contributed by atoms with Crippen LogP contribution in [0, 0.1) is 0 Å². The highest BCUT2D eigenvalue weighted by molar-refractivity contribution is 6.13. The van der Waals surface area contributed by atoms with Crippen LogP contribution < -0.4 is 0 Å². The van der Waals surface area contributed by atoms with Crippen molar-refractivity contribution >= 4 is 20.3 Å². The van der Waals surface area contributed by atoms with Crippen LogP contribution in [0.5, 0.6) is 0 Å². The van der Waals surface area contributed by atoms with E-state index in [4.69, 9.17) is 7.98 Å². The van der Waals surface area contributed by atoms with Gasteiger partial charge in [0.05, 0.1) is 0 Å². The zero-order chi connectivity index (χ0) is 8.85. The molecule has 0 unspecified atom stereocenters. The first-order valence-electron chi connectivity index (χ1n) is 2.96. The molecule has 0 rings (SSSR count). The van der Waals surface area contributed by atoms with E-state index in [1.807, 2.05) is 0 Å². The van der Waals surface area contributed by atoms with Gasteiger partial charge in [0.2, 0.25) is 7.98 Å². The molecule has 0 aliphatic rings. The maximum atomic E-state index is 10.9. The summed E-state index contributed by atoms with van der Waals surface area (Å²) >= 11 is 0. The summed E-state index contributed by atoms with van der Waals surface area (Å²) in [5, 5.41) is 0. The largest absolute Gasteiger partial charge is 0.382 e. The third kappa shape index (κ3) is 3.45. The Morgan fingerprint density at radius 2 is 2.00 bits per heavy atom. The summed E-state index contributed by atoms with van der Waals surface area (Å²) in [5.41, 5.74) is 0. The molecule has 2 radical (unpaired) electrons. The number of allylic oxidation sites excluding steroid dienone is 1. The summed E-state index contributed by atoms with van der Waals surface area (Å²) in [6, 6.07) is -0.386. The molecule has 0 heterocycles. The minimum Gasteiger partial charge on any atom is -0.382 e. The van der Waals surface area contributed by atoms with Crippen molar-refractivity contribution in [3.63, 3.8) is 0 Å². The molecule has 11 heavy (non-hydrogen) atoms. The van der Waals surface area contributed by atoms with Gasteiger partial charge >= 0.3 is 6.03 Å². The van der Waals surface area contributed by atoms with E-state index in [1.54, 1.807) is 0 Å². The van der Waals surface area contributed by atoms with Crippen molar-refractivity contribution in [3.05, 3.63) is 12.3 Å². The third-order valence-corrected chi connectivity index (χ3v) is 0.992. The molecule has 0 saturated carbocycles. The second-order valence-corrected chi connectivity index (χ2v) is 1.98. The molecule has 0 aromatic heterocycles. The number of urea groups is 1. The lowest BCUT2D eigenvalue weighted by molar-refractivity contribution is -0.104. The van der Waals surface area contributed by atoms with Crippen molar-refractivity contribution in [3.8, 4) is 0 Å². The highest BCUT2D eigenvalue weighted by Crippen LogP contribution is 1.89. The van der Waals surface area contributed by atoms with Gasteiger partial charge in [0.1, 0.15) is 6.29 Å². The Morgan fingerprint density at radius 1 is 1.45 bits per heavy atom. The van der Waals surface area contributed by atoms with E-state index >= 15 is 0 Å². The van der Waals surface area contributed by atoms with E-state index < -0.39 is 0 Å². The van der Waals surface area contributed by atoms with Gasteiger partial charge in [0, 0.05) is 13.2 Å². The number of carbonyl (C=O) groups is 2. The minimum absolute atomic E-state index is 0.386. The Kier molecular flexibility index (Phi) is 4.03. The first-order valence-corrected chi connectivity index (χ1v) is 2.96. The lowest BCUT2D eigenvalue weighted by Crippen LogP contribution is -2.33. The normalized spacial score (nSPS) is 9.64. The van der Waals surface area contributed by atoms with Gasteiger partial charge in [-0.2, -0.15) is 0 Å². The molecule has 5 heteroatoms. The summed E-state index contributed by atoms with van der Waals surface area (Å²) in [6.45, 7) is 0. The predicted molar refractivity (Wildman–Crippen MR) is 41.9 cm³/mol. The Morgan fingerprint density at radius 3 is 2.36 bits per heavy atom. The number of hydrogen-bond acceptors (Lipinski definition) is 2. The Hall–Kier alpha value is -1.26. The number of carbonyl (C=O) groups excluding carboxylic acids is 2. The summed E-state index contributed by atoms with van der Waals surface area (Å²) < 4.78 is 0. The van der Waals surface area contributed by atoms with Crippen LogP contribution in [0.25, 0.3) is 0 Å². The number of nitrogens with zero attached hydrogens (tertiary/aromatic N) is 2. The van der Waals surface area contributed by atoms with Gasteiger partial charge in [-0.25, -0.2) is 4.79 Å². The number of amides is 2. The van der Waals surface area contributed by atoms with Gasteiger partial charge in [0.15, 0.2) is 0 Å². The van der Waals surface area contributed by atoms with E-state index in [0.717, 1.165) is 4.81 Å². The molecule has 0 aromatic rings. The molecule has 0 bridgehead atoms. The molecular formula is C6H9BN2O2. The molecule has 0 aliphatic heterocycles. The maximum Gasteiger partial charge on any atom is 0.310 e. The van der Waals surface area contributed by atoms with Crippen LogP contribution in [0.3, 0.4) is 0 Å². The fourth-order valence-corrected chi connectivity index (χ4v) is 0.477. The van der Waals surface area contributed by atoms with Crippen molar-refractivity contribution < 1.29 is 9.59 Å². The van der Waals surface area contributed by atoms with Gasteiger partial charge in [-0.05, 0) is 13.1 Å². The van der Waals surface area contributed by atoms with Crippen LogP contribution in [0.4, 0.5) is 4.79 Å². The first kappa shape index (κ1) is 9.74. The minimum atomic E-state index is -0.386. The summed E-state index contributed by atoms with van der Waals surface area (Å²) in [4.78, 5) is 22.9. The molecule has 58 valence electrons. The molecule has 0 saturated heterocycles. The smallest absolute Gasteiger partial charge is 0.310 e. The first-order chi connectivity index (χ1) is 5.09. The monoisotopic (exact) mass is 152 g/mol. The molecule has 0 N–H and O–H groups in total. The lowest BCUT2D eigenvalue weighted by Gasteiger charge is -2.17. The molecule has 0 atom stereocenters. The van der Waals surface area contributed by atoms with Crippen LogP contribution in [-0.4, -0.2) is 44.1 Å². The van der Waals surface area contributed by atoms with Gasteiger partial charge < -0.3 is 9.71 Å². The number of rotatable bonds is 2. The fraction of sp³-hybridized carbons (Fsp3) is 0.333. The van der Waals surface area contributed by atoms with E-state index in [0.29, 0.717) is 6.29 Å². The topological polar surface area (TPSA) is 40.6 Å². The number of hydrogen-bond donors (Lipinski definition) is 0. The molecule has 0 spiro atoms. The molecule has 4 nitrogen and oxygen atoms in total. The van der Waals surface area contributed by atoms with Crippen molar-refractivity contribution in [2.45, 2.75) is 0 Å². The van der Waals surface area contributed by atoms with Crippen LogP contribution in [0.2, 0.25) is 0 Å². The fourth-order valence-electron chi connectivity index (χ4n) is 0.477. The van der Waals surface area contributed by atoms with Crippen molar-refractivity contribution in [2.24, 2.45) is 0 Å². The molecule has 2 amide bonds. The average molecular weight is 152 g/mol. The molecule has 0 aromatic carbocycles. The summed E-state index contributed by atoms with van der Waals surface area (Å²) in [5.74, 6) is 0. The van der Waals surface area contributed by atoms with Gasteiger partial charge in [-0.15, -0.1) is 0 Å². The lowest BCUT2D eigenvalue weighted by atomic mass is 10.4. The molecule has 0 aliphatic carbocycles. The van der Waals surface area contributed by atoms with Crippen molar-refractivity contribution in [1.29, 1.82) is 0 Å². The Balaban J connectivity index is 4.02. The van der Waals surface area contributed by atoms with Crippen LogP contribution in [0.15, 0.2) is 12.3 Å². The Labute approximate surface area is 66.9 Å². The highest BCUT2D eigenvalue weighted by Gasteiger charge is 2.05. The van der Waals surface area contributed by atoms with E-state index in [9.17, 15) is 9.59 Å². The predicted octanol–water partition coefficient (Wildman–Crippen LogP) is -0.234. The second kappa shape index (κ2) is 4.54. The zero-order valence-corrected chi connectivity index (χ0v) is 6.52. The van der Waals surface area contributed by atoms with Crippen molar-refractivity contribution in [2.75, 3.05) is 14.1 Å². The average Bonchev–Trinajstić information content (AvgIpc) is 1.98. The highest BCUT2D eigenvalue weighted by atomic mass is 16.2. The number of aldehydes is 1. The summed E-state index contributed by atoms with van der Waals surface area (Å²) in [7, 11) is 8.06. The van der Waals surface area contributed by atoms with E-state index in [1.165, 1.54) is 31.3 Å². The molecule has 0 fully saturated rings. The van der Waals surface area contributed by atoms with Gasteiger partial charge in [0.25, 0.3) is 0 Å². The van der Waals surface area contributed by atoms with E-state index in [2.05, 4.69) is 0 Å². The van der Waals surface area contributed by atoms with E-state index in [-0.39, 0.29) is 6.03 Å². The maximum absolute atomic E-state index is 10.9. The SMILES string of the molecule is [B]N(C)C(=O)N(C)/C=C\C=O. The standard InChI is InChI=1S/C6H9BN2O2/c1-8(4-3-5-10)6(11)9(2)7/h3-5H,1-2H3/b4-3-. The van der Waals surface area contributed by atoms with Crippen LogP contribution in [-0.2, 0) is 4.79 Å². The molecular weight excluding hydrogens is 143 g/mol. The van der Waals surface area contributed by atoms with Crippen LogP contribution in [0.1, 0.15) is 0 Å². The third-order valence-electron chi connectivity index (χ3n) is 0.992. The van der Waals surface area contributed by atoms with Gasteiger partial charge in [-0.3, -0.25) is 4.79 Å². The second-order valence-electron chi connectivity index (χ2n) is 1.98. The quantitative estimate of drug-likeness (QED) is 0.311. The van der Waals surface area contributed by atoms with Crippen LogP contribution >= 0.6 is 0 Å². The van der Waals surface area contributed by atoms with Crippen molar-refractivity contribution in [1.82, 2.24) is 9.71 Å².